The Hall–Kier alpha value is -5.04. The molecule has 0 aromatic heterocycles. The predicted octanol–water partition coefficient (Wildman–Crippen LogP) is 7.39. The molecule has 4 aliphatic heterocycles. The van der Waals surface area contributed by atoms with E-state index in [2.05, 4.69) is 0 Å². The lowest BCUT2D eigenvalue weighted by molar-refractivity contribution is -0.143. The van der Waals surface area contributed by atoms with Gasteiger partial charge >= 0.3 is 36.3 Å². The van der Waals surface area contributed by atoms with Crippen LogP contribution in [0.4, 0.5) is 30.6 Å². The molecule has 2 aromatic rings. The minimum Gasteiger partial charge on any atom is -0.480 e. The predicted molar refractivity (Wildman–Crippen MR) is 223 cm³/mol. The van der Waals surface area contributed by atoms with Crippen molar-refractivity contribution in [2.45, 2.75) is 154 Å². The van der Waals surface area contributed by atoms with Crippen LogP contribution in [0.3, 0.4) is 0 Å². The van der Waals surface area contributed by atoms with Crippen molar-refractivity contribution in [3.63, 3.8) is 0 Å². The monoisotopic (exact) mass is 906 g/mol. The first-order valence-corrected chi connectivity index (χ1v) is 20.5. The zero-order chi connectivity index (χ0) is 46.8. The molecule has 6 rings (SSSR count). The SMILES string of the molecule is CC(C)(C)OC(=O)N1c2cc(Cl)c(-c3cc4c(cc3Cl)N(C(=O)OC(C)(C)C)[C@H]3N(C(=O)OC(C)(C)C)[C@H](C(=O)O)C[C@@]43O)cc2[C@]2(O)C[C@@H](C(=O)O)N(C(=O)OC(C)(C)C)[C@H]12. The van der Waals surface area contributed by atoms with Crippen molar-refractivity contribution in [3.05, 3.63) is 45.4 Å². The molecule has 2 saturated heterocycles. The molecule has 4 aliphatic rings. The van der Waals surface area contributed by atoms with Gasteiger partial charge in [-0.3, -0.25) is 19.6 Å². The maximum atomic E-state index is 14.1. The summed E-state index contributed by atoms with van der Waals surface area (Å²) in [6.07, 6.45) is -8.99. The van der Waals surface area contributed by atoms with Gasteiger partial charge in [-0.15, -0.1) is 0 Å². The second-order valence-corrected chi connectivity index (χ2v) is 20.7. The molecular formula is C42H52Cl2N4O14. The molecule has 2 aromatic carbocycles. The molecule has 62 heavy (non-hydrogen) atoms. The van der Waals surface area contributed by atoms with Crippen LogP contribution in [0.2, 0.25) is 10.0 Å². The van der Waals surface area contributed by atoms with E-state index in [0.29, 0.717) is 0 Å². The van der Waals surface area contributed by atoms with Gasteiger partial charge in [-0.2, -0.15) is 0 Å². The first kappa shape index (κ1) is 46.5. The fourth-order valence-electron chi connectivity index (χ4n) is 8.38. The van der Waals surface area contributed by atoms with E-state index in [4.69, 9.17) is 42.1 Å². The number of carbonyl (C=O) groups excluding carboxylic acids is 4. The highest BCUT2D eigenvalue weighted by molar-refractivity contribution is 6.37. The van der Waals surface area contributed by atoms with E-state index in [-0.39, 0.29) is 43.7 Å². The van der Waals surface area contributed by atoms with Gasteiger partial charge in [0.2, 0.25) is 0 Å². The molecule has 338 valence electrons. The van der Waals surface area contributed by atoms with Crippen molar-refractivity contribution >= 4 is 70.9 Å². The van der Waals surface area contributed by atoms with Crippen molar-refractivity contribution in [1.29, 1.82) is 0 Å². The van der Waals surface area contributed by atoms with Crippen LogP contribution in [-0.4, -0.2) is 113 Å². The van der Waals surface area contributed by atoms with E-state index in [1.54, 1.807) is 83.1 Å². The van der Waals surface area contributed by atoms with Gasteiger partial charge in [0.15, 0.2) is 12.3 Å². The number of carbonyl (C=O) groups is 6. The molecule has 20 heteroatoms. The summed E-state index contributed by atoms with van der Waals surface area (Å²) in [5.41, 5.74) is -8.96. The number of aliphatic hydroxyl groups is 2. The average molecular weight is 908 g/mol. The Kier molecular flexibility index (Phi) is 11.1. The lowest BCUT2D eigenvalue weighted by atomic mass is 9.86. The number of hydrogen-bond acceptors (Lipinski definition) is 12. The van der Waals surface area contributed by atoms with Gasteiger partial charge in [0.1, 0.15) is 45.7 Å². The number of likely N-dealkylation sites (tertiary alicyclic amines) is 2. The number of fused-ring (bicyclic) bond motifs is 6. The van der Waals surface area contributed by atoms with E-state index < -0.39 is 107 Å². The Bertz CT molecular complexity index is 2120. The largest absolute Gasteiger partial charge is 0.480 e. The second kappa shape index (κ2) is 14.8. The third-order valence-corrected chi connectivity index (χ3v) is 11.0. The van der Waals surface area contributed by atoms with Crippen LogP contribution in [-0.2, 0) is 39.7 Å². The highest BCUT2D eigenvalue weighted by Crippen LogP contribution is 2.58. The maximum Gasteiger partial charge on any atom is 0.416 e. The molecule has 4 heterocycles. The van der Waals surface area contributed by atoms with Gasteiger partial charge in [0.25, 0.3) is 0 Å². The number of nitrogens with zero attached hydrogens (tertiary/aromatic N) is 4. The van der Waals surface area contributed by atoms with Crippen molar-refractivity contribution in [3.8, 4) is 11.1 Å². The summed E-state index contributed by atoms with van der Waals surface area (Å²) in [7, 11) is 0. The van der Waals surface area contributed by atoms with Gasteiger partial charge in [0.05, 0.1) is 21.4 Å². The summed E-state index contributed by atoms with van der Waals surface area (Å²) in [6.45, 7) is 19.0. The fraction of sp³-hybridized carbons (Fsp3) is 0.571. The van der Waals surface area contributed by atoms with Crippen LogP contribution in [0.5, 0.6) is 0 Å². The topological polar surface area (TPSA) is 233 Å². The Balaban J connectivity index is 1.57. The van der Waals surface area contributed by atoms with Gasteiger partial charge in [-0.25, -0.2) is 28.8 Å². The number of anilines is 2. The summed E-state index contributed by atoms with van der Waals surface area (Å²) in [6, 6.07) is 1.97. The zero-order valence-electron chi connectivity index (χ0n) is 36.4. The molecule has 0 unspecified atom stereocenters. The van der Waals surface area contributed by atoms with Crippen molar-refractivity contribution in [2.24, 2.45) is 0 Å². The van der Waals surface area contributed by atoms with Crippen molar-refractivity contribution in [2.75, 3.05) is 9.80 Å². The Morgan fingerprint density at radius 1 is 0.532 bits per heavy atom. The van der Waals surface area contributed by atoms with E-state index in [9.17, 15) is 49.2 Å². The van der Waals surface area contributed by atoms with Crippen LogP contribution in [0, 0.1) is 0 Å². The molecule has 4 N–H and O–H groups in total. The average Bonchev–Trinajstić information content (AvgIpc) is 3.70. The number of amides is 4. The standard InChI is InChI=1S/C42H52Cl2N4O14/c1-37(2,3)59-33(53)45-25-15-23(43)19(13-21(25)41(57)17-27(29(49)50)47(31(41)45)35(55)61-39(7,8)9)20-14-22-26(16-24(20)44)46(34(54)60-38(4,5)6)32-42(22,58)18-28(30(51)52)48(32)36(56)62-40(10,11)12/h13-16,27-28,31-32,57-58H,17-18H2,1-12H3,(H,49,50)(H,51,52)/t27-,28-,31-,32-,41+,42+/m0/s1. The van der Waals surface area contributed by atoms with Crippen LogP contribution >= 0.6 is 23.2 Å². The van der Waals surface area contributed by atoms with Gasteiger partial charge in [-0.05, 0) is 107 Å². The highest BCUT2D eigenvalue weighted by Gasteiger charge is 2.68. The first-order valence-electron chi connectivity index (χ1n) is 19.8. The molecule has 18 nitrogen and oxygen atoms in total. The van der Waals surface area contributed by atoms with Gasteiger partial charge in [0, 0.05) is 35.1 Å². The fourth-order valence-corrected chi connectivity index (χ4v) is 8.90. The number of benzene rings is 2. The molecule has 0 spiro atoms. The van der Waals surface area contributed by atoms with E-state index in [1.165, 1.54) is 24.3 Å². The van der Waals surface area contributed by atoms with Crippen LogP contribution < -0.4 is 9.80 Å². The quantitative estimate of drug-likeness (QED) is 0.220. The molecule has 0 aliphatic carbocycles. The maximum absolute atomic E-state index is 14.1. The Morgan fingerprint density at radius 3 is 1.06 bits per heavy atom. The molecular weight excluding hydrogens is 855 g/mol. The number of rotatable bonds is 3. The van der Waals surface area contributed by atoms with Crippen LogP contribution in [0.1, 0.15) is 107 Å². The minimum atomic E-state index is -2.28. The zero-order valence-corrected chi connectivity index (χ0v) is 38.0. The number of ether oxygens (including phenoxy) is 4. The lowest BCUT2D eigenvalue weighted by Crippen LogP contribution is -2.57. The van der Waals surface area contributed by atoms with Crippen molar-refractivity contribution in [1.82, 2.24) is 9.80 Å². The smallest absolute Gasteiger partial charge is 0.416 e. The van der Waals surface area contributed by atoms with Crippen molar-refractivity contribution < 1.29 is 68.1 Å². The lowest BCUT2D eigenvalue weighted by Gasteiger charge is -2.37. The second-order valence-electron chi connectivity index (χ2n) is 19.9. The molecule has 6 atom stereocenters. The third kappa shape index (κ3) is 8.05. The summed E-state index contributed by atoms with van der Waals surface area (Å²) >= 11 is 14.0. The molecule has 0 saturated carbocycles. The number of carboxylic acid groups (broad SMARTS) is 2. The molecule has 0 radical (unpaired) electrons. The third-order valence-electron chi connectivity index (χ3n) is 10.4. The minimum absolute atomic E-state index is 0.0296. The number of carboxylic acids is 2. The summed E-state index contributed by atoms with van der Waals surface area (Å²) in [5, 5.41) is 45.9. The highest BCUT2D eigenvalue weighted by atomic mass is 35.5. The first-order chi connectivity index (χ1) is 28.1. The summed E-state index contributed by atoms with van der Waals surface area (Å²) < 4.78 is 22.6. The molecule has 2 fully saturated rings. The number of aliphatic carboxylic acids is 2. The number of hydrogen-bond donors (Lipinski definition) is 4. The van der Waals surface area contributed by atoms with Crippen LogP contribution in [0.15, 0.2) is 24.3 Å². The summed E-state index contributed by atoms with van der Waals surface area (Å²) in [4.78, 5) is 84.8. The Labute approximate surface area is 368 Å². The molecule has 0 bridgehead atoms. The van der Waals surface area contributed by atoms with E-state index in [0.717, 1.165) is 19.6 Å². The van der Waals surface area contributed by atoms with Gasteiger partial charge < -0.3 is 39.4 Å². The molecule has 4 amide bonds. The number of halogens is 2. The van der Waals surface area contributed by atoms with Crippen LogP contribution in [0.25, 0.3) is 11.1 Å². The Morgan fingerprint density at radius 2 is 0.806 bits per heavy atom. The van der Waals surface area contributed by atoms with E-state index in [1.807, 2.05) is 0 Å². The van der Waals surface area contributed by atoms with E-state index >= 15 is 0 Å². The summed E-state index contributed by atoms with van der Waals surface area (Å²) in [5.74, 6) is -2.98. The van der Waals surface area contributed by atoms with Gasteiger partial charge in [-0.1, -0.05) is 23.2 Å². The normalized spacial score (nSPS) is 25.5.